The van der Waals surface area contributed by atoms with Crippen LogP contribution in [0.1, 0.15) is 17.0 Å². The van der Waals surface area contributed by atoms with Gasteiger partial charge in [-0.3, -0.25) is 19.6 Å². The highest BCUT2D eigenvalue weighted by Crippen LogP contribution is 2.22. The third-order valence-corrected chi connectivity index (χ3v) is 3.90. The van der Waals surface area contributed by atoms with Crippen LogP contribution in [-0.4, -0.2) is 26.8 Å². The molecule has 0 bridgehead atoms. The number of aromatic nitrogens is 2. The van der Waals surface area contributed by atoms with Crippen molar-refractivity contribution in [3.05, 3.63) is 55.3 Å². The van der Waals surface area contributed by atoms with Crippen molar-refractivity contribution in [1.82, 2.24) is 15.2 Å². The number of hydrazone groups is 1. The number of benzene rings is 1. The van der Waals surface area contributed by atoms with Crippen LogP contribution in [-0.2, 0) is 11.3 Å². The quantitative estimate of drug-likeness (QED) is 0.497. The van der Waals surface area contributed by atoms with E-state index in [-0.39, 0.29) is 17.9 Å². The average Bonchev–Trinajstić information content (AvgIpc) is 2.77. The van der Waals surface area contributed by atoms with Crippen molar-refractivity contribution >= 4 is 41.0 Å². The number of halogens is 2. The van der Waals surface area contributed by atoms with Gasteiger partial charge < -0.3 is 0 Å². The number of rotatable bonds is 5. The minimum atomic E-state index is -0.519. The molecule has 126 valence electrons. The molecule has 8 nitrogen and oxygen atoms in total. The van der Waals surface area contributed by atoms with Crippen LogP contribution in [0.3, 0.4) is 0 Å². The Balaban J connectivity index is 2.01. The van der Waals surface area contributed by atoms with Gasteiger partial charge in [0.2, 0.25) is 0 Å². The topological polar surface area (TPSA) is 102 Å². The summed E-state index contributed by atoms with van der Waals surface area (Å²) in [6.07, 6.45) is 1.41. The van der Waals surface area contributed by atoms with Crippen LogP contribution in [0.2, 0.25) is 10.0 Å². The zero-order valence-electron chi connectivity index (χ0n) is 12.8. The lowest BCUT2D eigenvalue weighted by molar-refractivity contribution is -0.386. The van der Waals surface area contributed by atoms with Crippen LogP contribution < -0.4 is 5.43 Å². The van der Waals surface area contributed by atoms with Gasteiger partial charge in [-0.05, 0) is 31.5 Å². The van der Waals surface area contributed by atoms with Crippen LogP contribution in [0.25, 0.3) is 0 Å². The lowest BCUT2D eigenvalue weighted by atomic mass is 10.2. The van der Waals surface area contributed by atoms with E-state index >= 15 is 0 Å². The van der Waals surface area contributed by atoms with E-state index in [9.17, 15) is 14.9 Å². The number of amides is 1. The van der Waals surface area contributed by atoms with Gasteiger partial charge in [-0.25, -0.2) is 5.43 Å². The number of hydrogen-bond donors (Lipinski definition) is 1. The van der Waals surface area contributed by atoms with E-state index in [2.05, 4.69) is 15.6 Å². The highest BCUT2D eigenvalue weighted by molar-refractivity contribution is 6.42. The van der Waals surface area contributed by atoms with Gasteiger partial charge in [-0.1, -0.05) is 29.3 Å². The molecule has 0 atom stereocenters. The first kappa shape index (κ1) is 17.9. The molecule has 2 aromatic rings. The highest BCUT2D eigenvalue weighted by Gasteiger charge is 2.22. The smallest absolute Gasteiger partial charge is 0.271 e. The normalized spacial score (nSPS) is 11.0. The molecule has 1 aromatic heterocycles. The lowest BCUT2D eigenvalue weighted by Gasteiger charge is -2.02. The molecule has 1 N–H and O–H groups in total. The fraction of sp³-hybridized carbons (Fsp3) is 0.214. The maximum absolute atomic E-state index is 11.9. The van der Waals surface area contributed by atoms with Gasteiger partial charge in [0.15, 0.2) is 0 Å². The van der Waals surface area contributed by atoms with Crippen molar-refractivity contribution in [2.45, 2.75) is 20.4 Å². The number of nitrogens with one attached hydrogen (secondary N) is 1. The first-order chi connectivity index (χ1) is 11.3. The second kappa shape index (κ2) is 7.41. The maximum atomic E-state index is 11.9. The molecule has 0 unspecified atom stereocenters. The number of nitrogens with zero attached hydrogens (tertiary/aromatic N) is 4. The van der Waals surface area contributed by atoms with Crippen LogP contribution in [0.15, 0.2) is 23.3 Å². The van der Waals surface area contributed by atoms with Crippen molar-refractivity contribution in [2.75, 3.05) is 0 Å². The van der Waals surface area contributed by atoms with Crippen molar-refractivity contribution in [2.24, 2.45) is 5.10 Å². The Morgan fingerprint density at radius 1 is 1.42 bits per heavy atom. The molecule has 0 aliphatic carbocycles. The van der Waals surface area contributed by atoms with Crippen LogP contribution in [0.4, 0.5) is 5.69 Å². The van der Waals surface area contributed by atoms with Crippen molar-refractivity contribution < 1.29 is 9.72 Å². The fourth-order valence-electron chi connectivity index (χ4n) is 2.05. The predicted octanol–water partition coefficient (Wildman–Crippen LogP) is 2.87. The fourth-order valence-corrected chi connectivity index (χ4v) is 2.36. The Kier molecular flexibility index (Phi) is 5.53. The molecule has 24 heavy (non-hydrogen) atoms. The van der Waals surface area contributed by atoms with Gasteiger partial charge in [-0.2, -0.15) is 10.2 Å². The minimum absolute atomic E-state index is 0.0953. The number of hydrogen-bond acceptors (Lipinski definition) is 5. The van der Waals surface area contributed by atoms with Crippen molar-refractivity contribution in [3.63, 3.8) is 0 Å². The number of nitro groups is 1. The zero-order valence-corrected chi connectivity index (χ0v) is 14.3. The van der Waals surface area contributed by atoms with Gasteiger partial charge in [0.05, 0.1) is 21.2 Å². The summed E-state index contributed by atoms with van der Waals surface area (Å²) in [6, 6.07) is 4.90. The van der Waals surface area contributed by atoms with Gasteiger partial charge in [0.25, 0.3) is 5.91 Å². The monoisotopic (exact) mass is 369 g/mol. The molecule has 10 heteroatoms. The highest BCUT2D eigenvalue weighted by atomic mass is 35.5. The predicted molar refractivity (Wildman–Crippen MR) is 90.6 cm³/mol. The molecule has 1 heterocycles. The average molecular weight is 370 g/mol. The molecule has 2 rings (SSSR count). The van der Waals surface area contributed by atoms with E-state index in [4.69, 9.17) is 23.2 Å². The van der Waals surface area contributed by atoms with E-state index in [1.807, 2.05) is 0 Å². The first-order valence-corrected chi connectivity index (χ1v) is 7.50. The summed E-state index contributed by atoms with van der Waals surface area (Å²) in [4.78, 5) is 22.3. The molecule has 0 saturated heterocycles. The minimum Gasteiger partial charge on any atom is -0.271 e. The molecule has 0 aliphatic heterocycles. The zero-order chi connectivity index (χ0) is 17.9. The van der Waals surface area contributed by atoms with Gasteiger partial charge in [-0.15, -0.1) is 0 Å². The van der Waals surface area contributed by atoms with Crippen LogP contribution in [0.5, 0.6) is 0 Å². The van der Waals surface area contributed by atoms with Gasteiger partial charge in [0.1, 0.15) is 17.9 Å². The Hall–Kier alpha value is -2.45. The summed E-state index contributed by atoms with van der Waals surface area (Å²) in [5, 5.41) is 19.5. The third kappa shape index (κ3) is 4.09. The van der Waals surface area contributed by atoms with E-state index in [0.29, 0.717) is 21.3 Å². The molecule has 0 spiro atoms. The van der Waals surface area contributed by atoms with E-state index in [0.717, 1.165) is 0 Å². The second-order valence-electron chi connectivity index (χ2n) is 4.90. The Morgan fingerprint density at radius 2 is 2.12 bits per heavy atom. The third-order valence-electron chi connectivity index (χ3n) is 3.17. The molecule has 0 radical (unpaired) electrons. The lowest BCUT2D eigenvalue weighted by Crippen LogP contribution is -2.24. The standard InChI is InChI=1S/C14H13Cl2N5O3/c1-8-14(21(23)24)9(2)20(19-8)7-13(22)18-17-6-10-3-4-11(15)12(16)5-10/h3-6H,7H2,1-2H3,(H,18,22). The molecule has 0 fully saturated rings. The molecule has 0 aliphatic rings. The summed E-state index contributed by atoms with van der Waals surface area (Å²) in [7, 11) is 0. The van der Waals surface area contributed by atoms with E-state index in [1.54, 1.807) is 18.2 Å². The molecule has 1 amide bonds. The Morgan fingerprint density at radius 3 is 2.71 bits per heavy atom. The Bertz CT molecular complexity index is 832. The van der Waals surface area contributed by atoms with Crippen molar-refractivity contribution in [1.29, 1.82) is 0 Å². The van der Waals surface area contributed by atoms with Crippen LogP contribution in [0, 0.1) is 24.0 Å². The van der Waals surface area contributed by atoms with Gasteiger partial charge in [0, 0.05) is 0 Å². The summed E-state index contributed by atoms with van der Waals surface area (Å²) >= 11 is 11.7. The van der Waals surface area contributed by atoms with E-state index in [1.165, 1.54) is 24.7 Å². The Labute approximate surface area is 147 Å². The number of carbonyl (C=O) groups is 1. The van der Waals surface area contributed by atoms with Crippen LogP contribution >= 0.6 is 23.2 Å². The largest absolute Gasteiger partial charge is 0.312 e. The summed E-state index contributed by atoms with van der Waals surface area (Å²) in [5.41, 5.74) is 3.45. The summed E-state index contributed by atoms with van der Waals surface area (Å²) in [6.45, 7) is 2.87. The number of aryl methyl sites for hydroxylation is 1. The summed E-state index contributed by atoms with van der Waals surface area (Å²) < 4.78 is 1.26. The van der Waals surface area contributed by atoms with E-state index < -0.39 is 10.8 Å². The first-order valence-electron chi connectivity index (χ1n) is 6.75. The second-order valence-corrected chi connectivity index (χ2v) is 5.72. The number of carbonyl (C=O) groups excluding carboxylic acids is 1. The molecular weight excluding hydrogens is 357 g/mol. The molecule has 1 aromatic carbocycles. The summed E-state index contributed by atoms with van der Waals surface area (Å²) in [5.74, 6) is -0.466. The van der Waals surface area contributed by atoms with Gasteiger partial charge >= 0.3 is 5.69 Å². The SMILES string of the molecule is Cc1nn(CC(=O)NN=Cc2ccc(Cl)c(Cl)c2)c(C)c1[N+](=O)[O-]. The molecule has 0 saturated carbocycles. The molecular formula is C14H13Cl2N5O3. The van der Waals surface area contributed by atoms with Crippen molar-refractivity contribution in [3.8, 4) is 0 Å². The maximum Gasteiger partial charge on any atom is 0.312 e.